The molecule has 0 spiro atoms. The summed E-state index contributed by atoms with van der Waals surface area (Å²) in [5.74, 6) is -2.65. The van der Waals surface area contributed by atoms with E-state index in [0.29, 0.717) is 6.20 Å². The van der Waals surface area contributed by atoms with E-state index >= 15 is 4.39 Å². The zero-order valence-corrected chi connectivity index (χ0v) is 22.6. The molecule has 17 heteroatoms. The average molecular weight is 599 g/mol. The largest absolute Gasteiger partial charge is 0.462 e. The van der Waals surface area contributed by atoms with Gasteiger partial charge in [0.05, 0.1) is 18.9 Å². The first-order valence-electron chi connectivity index (χ1n) is 11.5. The van der Waals surface area contributed by atoms with Crippen molar-refractivity contribution in [3.8, 4) is 5.75 Å². The summed E-state index contributed by atoms with van der Waals surface area (Å²) in [6, 6.07) is 6.67. The van der Waals surface area contributed by atoms with Crippen LogP contribution < -0.4 is 21.0 Å². The number of rotatable bonds is 11. The number of nitrogen functional groups attached to an aromatic ring is 1. The van der Waals surface area contributed by atoms with E-state index in [1.807, 2.05) is 0 Å². The number of nitrogens with one attached hydrogen (secondary N) is 1. The van der Waals surface area contributed by atoms with Gasteiger partial charge in [0.15, 0.2) is 29.6 Å². The van der Waals surface area contributed by atoms with Gasteiger partial charge in [0.1, 0.15) is 17.9 Å². The molecule has 6 unspecified atom stereocenters. The van der Waals surface area contributed by atoms with Crippen LogP contribution >= 0.6 is 6.64 Å². The maximum Gasteiger partial charge on any atom is 0.351 e. The standard InChI is InChI=1S/C22H27F4N4O7PS/c1-11(2)35-19(32)12(3)29-38(39,37-13-7-5-4-6-8-13)34-10-22(20(25)26)16(31)15(24)18(36-22)30-9-14(23)17(27)28-21(30)33/h4-9,11-12,15-16,18,20,31H,10H2,1-3H3,(H,29,39)(H2,27,28,33). The molecule has 39 heavy (non-hydrogen) atoms. The lowest BCUT2D eigenvalue weighted by Gasteiger charge is -2.34. The van der Waals surface area contributed by atoms with Crippen molar-refractivity contribution in [3.05, 3.63) is 52.8 Å². The zero-order valence-electron chi connectivity index (χ0n) is 20.9. The second-order valence-corrected chi connectivity index (χ2v) is 12.0. The number of esters is 1. The second kappa shape index (κ2) is 12.3. The maximum atomic E-state index is 15.1. The molecule has 0 radical (unpaired) electrons. The Bertz CT molecular complexity index is 1270. The Morgan fingerprint density at radius 3 is 2.56 bits per heavy atom. The highest BCUT2D eigenvalue weighted by Crippen LogP contribution is 2.49. The summed E-state index contributed by atoms with van der Waals surface area (Å²) in [6.07, 6.45) is -11.1. The Morgan fingerprint density at radius 1 is 1.33 bits per heavy atom. The highest BCUT2D eigenvalue weighted by molar-refractivity contribution is 8.09. The van der Waals surface area contributed by atoms with Gasteiger partial charge in [-0.05, 0) is 44.7 Å². The molecule has 1 aliphatic rings. The molecule has 1 aromatic carbocycles. The van der Waals surface area contributed by atoms with Crippen LogP contribution in [0.3, 0.4) is 0 Å². The number of halogens is 4. The van der Waals surface area contributed by atoms with Gasteiger partial charge in [-0.1, -0.05) is 18.2 Å². The maximum absolute atomic E-state index is 15.1. The molecular formula is C22H27F4N4O7PS. The Kier molecular flexibility index (Phi) is 9.73. The number of aliphatic hydroxyl groups is 1. The molecule has 1 aromatic heterocycles. The third-order valence-corrected chi connectivity index (χ3v) is 7.96. The van der Waals surface area contributed by atoms with Crippen LogP contribution in [0.1, 0.15) is 27.0 Å². The molecule has 216 valence electrons. The van der Waals surface area contributed by atoms with E-state index in [1.165, 1.54) is 19.1 Å². The van der Waals surface area contributed by atoms with Crippen molar-refractivity contribution in [2.24, 2.45) is 0 Å². The number of hydrogen-bond acceptors (Lipinski definition) is 10. The number of aromatic nitrogens is 2. The average Bonchev–Trinajstić information content (AvgIpc) is 3.11. The van der Waals surface area contributed by atoms with Crippen LogP contribution in [-0.2, 0) is 30.6 Å². The number of benzene rings is 1. The van der Waals surface area contributed by atoms with Gasteiger partial charge < -0.3 is 29.4 Å². The summed E-state index contributed by atoms with van der Waals surface area (Å²) in [7, 11) is 0. The van der Waals surface area contributed by atoms with E-state index in [2.05, 4.69) is 10.1 Å². The Labute approximate surface area is 225 Å². The molecule has 4 N–H and O–H groups in total. The van der Waals surface area contributed by atoms with Crippen molar-refractivity contribution in [2.75, 3.05) is 12.3 Å². The molecule has 1 fully saturated rings. The Morgan fingerprint density at radius 2 is 1.97 bits per heavy atom. The molecule has 11 nitrogen and oxygen atoms in total. The second-order valence-electron chi connectivity index (χ2n) is 8.83. The number of carbonyl (C=O) groups excluding carboxylic acids is 1. The van der Waals surface area contributed by atoms with Crippen LogP contribution in [0.2, 0.25) is 0 Å². The van der Waals surface area contributed by atoms with E-state index in [0.717, 1.165) is 0 Å². The van der Waals surface area contributed by atoms with Gasteiger partial charge in [-0.25, -0.2) is 27.4 Å². The fourth-order valence-electron chi connectivity index (χ4n) is 3.52. The first kappa shape index (κ1) is 30.9. The predicted molar refractivity (Wildman–Crippen MR) is 134 cm³/mol. The molecule has 1 aliphatic heterocycles. The first-order chi connectivity index (χ1) is 18.2. The quantitative estimate of drug-likeness (QED) is 0.199. The monoisotopic (exact) mass is 598 g/mol. The van der Waals surface area contributed by atoms with Gasteiger partial charge in [-0.3, -0.25) is 9.36 Å². The molecule has 0 aliphatic carbocycles. The molecule has 0 amide bonds. The van der Waals surface area contributed by atoms with Crippen LogP contribution in [0.5, 0.6) is 5.75 Å². The van der Waals surface area contributed by atoms with Crippen LogP contribution in [0.4, 0.5) is 23.4 Å². The summed E-state index contributed by atoms with van der Waals surface area (Å²) < 4.78 is 79.6. The van der Waals surface area contributed by atoms with Gasteiger partial charge in [-0.2, -0.15) is 4.98 Å². The smallest absolute Gasteiger partial charge is 0.351 e. The molecule has 6 atom stereocenters. The van der Waals surface area contributed by atoms with Gasteiger partial charge in [-0.15, -0.1) is 0 Å². The van der Waals surface area contributed by atoms with E-state index in [1.54, 1.807) is 32.0 Å². The Hall–Kier alpha value is -2.62. The zero-order chi connectivity index (χ0) is 29.1. The fourth-order valence-corrected chi connectivity index (χ4v) is 5.94. The Balaban J connectivity index is 1.92. The van der Waals surface area contributed by atoms with E-state index in [4.69, 9.17) is 36.1 Å². The van der Waals surface area contributed by atoms with Crippen LogP contribution in [0.25, 0.3) is 0 Å². The minimum atomic E-state index is -3.91. The number of alkyl halides is 3. The number of nitrogens with two attached hydrogens (primary N) is 1. The topological polar surface area (TPSA) is 147 Å². The number of hydrogen-bond donors (Lipinski definition) is 3. The summed E-state index contributed by atoms with van der Waals surface area (Å²) in [5, 5.41) is 13.1. The van der Waals surface area contributed by atoms with Crippen molar-refractivity contribution in [2.45, 2.75) is 63.4 Å². The summed E-state index contributed by atoms with van der Waals surface area (Å²) >= 11 is 5.45. The number of anilines is 1. The number of ether oxygens (including phenoxy) is 2. The highest BCUT2D eigenvalue weighted by Gasteiger charge is 2.62. The third kappa shape index (κ3) is 6.94. The van der Waals surface area contributed by atoms with E-state index in [9.17, 15) is 27.9 Å². The molecule has 0 bridgehead atoms. The van der Waals surface area contributed by atoms with Crippen molar-refractivity contribution in [1.82, 2.24) is 14.6 Å². The highest BCUT2D eigenvalue weighted by atomic mass is 32.5. The summed E-state index contributed by atoms with van der Waals surface area (Å²) in [6.45, 7) is -0.577. The molecular weight excluding hydrogens is 571 g/mol. The lowest BCUT2D eigenvalue weighted by molar-refractivity contribution is -0.192. The number of nitrogens with zero attached hydrogens (tertiary/aromatic N) is 2. The van der Waals surface area contributed by atoms with Crippen LogP contribution in [0, 0.1) is 5.82 Å². The van der Waals surface area contributed by atoms with Crippen molar-refractivity contribution in [3.63, 3.8) is 0 Å². The molecule has 1 saturated heterocycles. The van der Waals surface area contributed by atoms with Crippen LogP contribution in [-0.4, -0.2) is 63.7 Å². The molecule has 0 saturated carbocycles. The number of carbonyl (C=O) groups is 1. The van der Waals surface area contributed by atoms with Crippen molar-refractivity contribution >= 4 is 30.2 Å². The normalized spacial score (nSPS) is 25.4. The van der Waals surface area contributed by atoms with Gasteiger partial charge in [0, 0.05) is 0 Å². The van der Waals surface area contributed by atoms with Gasteiger partial charge in [0.2, 0.25) is 0 Å². The summed E-state index contributed by atoms with van der Waals surface area (Å²) in [5.41, 5.74) is 0.816. The minimum Gasteiger partial charge on any atom is -0.462 e. The van der Waals surface area contributed by atoms with Crippen LogP contribution in [0.15, 0.2) is 41.3 Å². The van der Waals surface area contributed by atoms with Gasteiger partial charge in [0.25, 0.3) is 6.43 Å². The van der Waals surface area contributed by atoms with Crippen molar-refractivity contribution in [1.29, 1.82) is 0 Å². The number of aliphatic hydroxyl groups excluding tert-OH is 1. The van der Waals surface area contributed by atoms with Crippen molar-refractivity contribution < 1.29 is 46.0 Å². The molecule has 2 heterocycles. The van der Waals surface area contributed by atoms with E-state index < -0.39 is 79.2 Å². The SMILES string of the molecule is CC(C)OC(=O)C(C)NP(=S)(OCC1(C(F)F)OC(n2cc(F)c(N)nc2=O)C(F)C1O)Oc1ccccc1. The fraction of sp³-hybridized carbons (Fsp3) is 0.500. The van der Waals surface area contributed by atoms with E-state index in [-0.39, 0.29) is 10.3 Å². The van der Waals surface area contributed by atoms with Gasteiger partial charge >= 0.3 is 18.3 Å². The lowest BCUT2D eigenvalue weighted by atomic mass is 9.97. The minimum absolute atomic E-state index is 0.146. The molecule has 2 aromatic rings. The number of para-hydroxylation sites is 1. The third-order valence-electron chi connectivity index (χ3n) is 5.48. The lowest BCUT2D eigenvalue weighted by Crippen LogP contribution is -2.52. The first-order valence-corrected chi connectivity index (χ1v) is 14.1. The summed E-state index contributed by atoms with van der Waals surface area (Å²) in [4.78, 5) is 27.7. The predicted octanol–water partition coefficient (Wildman–Crippen LogP) is 2.45. The molecule has 3 rings (SSSR count).